The highest BCUT2D eigenvalue weighted by molar-refractivity contribution is 7.13. The predicted octanol–water partition coefficient (Wildman–Crippen LogP) is 3.21. The molecular formula is C12H15N3S. The molecule has 2 rings (SSSR count). The van der Waals surface area contributed by atoms with Crippen LogP contribution >= 0.6 is 11.3 Å². The molecule has 0 atom stereocenters. The average Bonchev–Trinajstić information content (AvgIpc) is 2.63. The predicted molar refractivity (Wildman–Crippen MR) is 66.6 cm³/mol. The van der Waals surface area contributed by atoms with Crippen molar-refractivity contribution in [3.63, 3.8) is 0 Å². The van der Waals surface area contributed by atoms with E-state index in [0.717, 1.165) is 22.1 Å². The van der Waals surface area contributed by atoms with E-state index in [2.05, 4.69) is 35.7 Å². The molecule has 0 aliphatic heterocycles. The van der Waals surface area contributed by atoms with E-state index in [1.54, 1.807) is 11.3 Å². The fourth-order valence-electron chi connectivity index (χ4n) is 1.39. The van der Waals surface area contributed by atoms with Gasteiger partial charge >= 0.3 is 0 Å². The van der Waals surface area contributed by atoms with Crippen LogP contribution in [0.15, 0.2) is 17.8 Å². The summed E-state index contributed by atoms with van der Waals surface area (Å²) < 4.78 is 0. The lowest BCUT2D eigenvalue weighted by atomic mass is 9.95. The lowest BCUT2D eigenvalue weighted by Crippen LogP contribution is -2.15. The van der Waals surface area contributed by atoms with Gasteiger partial charge in [-0.15, -0.1) is 11.3 Å². The number of aryl methyl sites for hydroxylation is 1. The minimum absolute atomic E-state index is 0.0192. The minimum Gasteiger partial charge on any atom is -0.249 e. The van der Waals surface area contributed by atoms with Crippen molar-refractivity contribution in [3.05, 3.63) is 29.3 Å². The SMILES string of the molecule is Cc1ncsc1-c1ccnc(C(C)(C)C)n1. The average molecular weight is 233 g/mol. The van der Waals surface area contributed by atoms with Crippen molar-refractivity contribution in [1.82, 2.24) is 15.0 Å². The molecule has 0 saturated heterocycles. The lowest BCUT2D eigenvalue weighted by Gasteiger charge is -2.16. The third kappa shape index (κ3) is 2.11. The largest absolute Gasteiger partial charge is 0.249 e. The Kier molecular flexibility index (Phi) is 2.76. The Balaban J connectivity index is 2.49. The van der Waals surface area contributed by atoms with Crippen molar-refractivity contribution < 1.29 is 0 Å². The molecule has 0 N–H and O–H groups in total. The van der Waals surface area contributed by atoms with Crippen LogP contribution in [0.4, 0.5) is 0 Å². The molecule has 3 nitrogen and oxygen atoms in total. The zero-order valence-corrected chi connectivity index (χ0v) is 10.8. The quantitative estimate of drug-likeness (QED) is 0.759. The van der Waals surface area contributed by atoms with Crippen LogP contribution in [0.5, 0.6) is 0 Å². The van der Waals surface area contributed by atoms with Gasteiger partial charge in [-0.05, 0) is 13.0 Å². The molecule has 2 aromatic heterocycles. The van der Waals surface area contributed by atoms with E-state index in [4.69, 9.17) is 0 Å². The van der Waals surface area contributed by atoms with Gasteiger partial charge in [-0.2, -0.15) is 0 Å². The molecule has 16 heavy (non-hydrogen) atoms. The molecule has 0 aromatic carbocycles. The van der Waals surface area contributed by atoms with Gasteiger partial charge in [0.15, 0.2) is 0 Å². The van der Waals surface area contributed by atoms with Crippen LogP contribution in [0, 0.1) is 6.92 Å². The molecule has 2 heterocycles. The number of hydrogen-bond acceptors (Lipinski definition) is 4. The Morgan fingerprint density at radius 3 is 2.50 bits per heavy atom. The number of thiazole rings is 1. The van der Waals surface area contributed by atoms with Gasteiger partial charge in [-0.1, -0.05) is 20.8 Å². The summed E-state index contributed by atoms with van der Waals surface area (Å²) in [6.07, 6.45) is 1.82. The lowest BCUT2D eigenvalue weighted by molar-refractivity contribution is 0.546. The number of aromatic nitrogens is 3. The molecule has 2 aromatic rings. The molecule has 0 spiro atoms. The van der Waals surface area contributed by atoms with Crippen LogP contribution in [-0.4, -0.2) is 15.0 Å². The van der Waals surface area contributed by atoms with Crippen molar-refractivity contribution in [1.29, 1.82) is 0 Å². The minimum atomic E-state index is -0.0192. The van der Waals surface area contributed by atoms with Crippen LogP contribution in [0.1, 0.15) is 32.3 Å². The van der Waals surface area contributed by atoms with Gasteiger partial charge in [0.1, 0.15) is 5.82 Å². The molecule has 0 saturated carbocycles. The maximum absolute atomic E-state index is 4.61. The van der Waals surface area contributed by atoms with Crippen molar-refractivity contribution in [2.45, 2.75) is 33.1 Å². The first-order valence-corrected chi connectivity index (χ1v) is 6.10. The highest BCUT2D eigenvalue weighted by Crippen LogP contribution is 2.27. The Labute approximate surface area is 99.6 Å². The maximum Gasteiger partial charge on any atom is 0.134 e. The standard InChI is InChI=1S/C12H15N3S/c1-8-10(16-7-14-8)9-5-6-13-11(15-9)12(2,3)4/h5-7H,1-4H3. The van der Waals surface area contributed by atoms with Crippen LogP contribution in [0.25, 0.3) is 10.6 Å². The Hall–Kier alpha value is -1.29. The molecule has 4 heteroatoms. The van der Waals surface area contributed by atoms with Crippen LogP contribution in [-0.2, 0) is 5.41 Å². The molecular weight excluding hydrogens is 218 g/mol. The Bertz CT molecular complexity index is 497. The van der Waals surface area contributed by atoms with E-state index in [1.165, 1.54) is 0 Å². The summed E-state index contributed by atoms with van der Waals surface area (Å²) >= 11 is 1.62. The number of nitrogens with zero attached hydrogens (tertiary/aromatic N) is 3. The molecule has 0 amide bonds. The van der Waals surface area contributed by atoms with Gasteiger partial charge in [-0.25, -0.2) is 15.0 Å². The van der Waals surface area contributed by atoms with Crippen LogP contribution in [0.3, 0.4) is 0 Å². The van der Waals surface area contributed by atoms with Gasteiger partial charge in [0, 0.05) is 11.6 Å². The summed E-state index contributed by atoms with van der Waals surface area (Å²) in [4.78, 5) is 14.3. The summed E-state index contributed by atoms with van der Waals surface area (Å²) in [5.74, 6) is 0.873. The second-order valence-electron chi connectivity index (χ2n) is 4.78. The third-order valence-electron chi connectivity index (χ3n) is 2.30. The monoisotopic (exact) mass is 233 g/mol. The molecule has 0 fully saturated rings. The number of rotatable bonds is 1. The summed E-state index contributed by atoms with van der Waals surface area (Å²) in [6.45, 7) is 8.35. The summed E-state index contributed by atoms with van der Waals surface area (Å²) in [7, 11) is 0. The smallest absolute Gasteiger partial charge is 0.134 e. The van der Waals surface area contributed by atoms with E-state index < -0.39 is 0 Å². The van der Waals surface area contributed by atoms with Gasteiger partial charge < -0.3 is 0 Å². The third-order valence-corrected chi connectivity index (χ3v) is 3.26. The maximum atomic E-state index is 4.61. The highest BCUT2D eigenvalue weighted by atomic mass is 32.1. The first kappa shape index (κ1) is 11.2. The molecule has 0 unspecified atom stereocenters. The molecule has 0 aliphatic rings. The summed E-state index contributed by atoms with van der Waals surface area (Å²) in [5, 5.41) is 0. The van der Waals surface area contributed by atoms with Crippen molar-refractivity contribution in [3.8, 4) is 10.6 Å². The van der Waals surface area contributed by atoms with Gasteiger partial charge in [-0.3, -0.25) is 0 Å². The molecule has 0 aliphatic carbocycles. The molecule has 0 radical (unpaired) electrons. The van der Waals surface area contributed by atoms with Gasteiger partial charge in [0.05, 0.1) is 21.8 Å². The van der Waals surface area contributed by atoms with Crippen molar-refractivity contribution in [2.75, 3.05) is 0 Å². The second kappa shape index (κ2) is 3.94. The normalized spacial score (nSPS) is 11.8. The van der Waals surface area contributed by atoms with Crippen molar-refractivity contribution >= 4 is 11.3 Å². The summed E-state index contributed by atoms with van der Waals surface area (Å²) in [6, 6.07) is 1.94. The van der Waals surface area contributed by atoms with E-state index in [0.29, 0.717) is 0 Å². The second-order valence-corrected chi connectivity index (χ2v) is 5.64. The van der Waals surface area contributed by atoms with Crippen molar-refractivity contribution in [2.24, 2.45) is 0 Å². The fourth-order valence-corrected chi connectivity index (χ4v) is 2.17. The number of hydrogen-bond donors (Lipinski definition) is 0. The molecule has 0 bridgehead atoms. The van der Waals surface area contributed by atoms with E-state index >= 15 is 0 Å². The highest BCUT2D eigenvalue weighted by Gasteiger charge is 2.18. The van der Waals surface area contributed by atoms with Gasteiger partial charge in [0.25, 0.3) is 0 Å². The van der Waals surface area contributed by atoms with E-state index in [9.17, 15) is 0 Å². The fraction of sp³-hybridized carbons (Fsp3) is 0.417. The molecule has 84 valence electrons. The zero-order valence-electron chi connectivity index (χ0n) is 9.98. The first-order chi connectivity index (χ1) is 7.48. The van der Waals surface area contributed by atoms with E-state index in [1.807, 2.05) is 24.7 Å². The Morgan fingerprint density at radius 2 is 1.94 bits per heavy atom. The Morgan fingerprint density at radius 1 is 1.19 bits per heavy atom. The van der Waals surface area contributed by atoms with Crippen LogP contribution in [0.2, 0.25) is 0 Å². The first-order valence-electron chi connectivity index (χ1n) is 5.22. The topological polar surface area (TPSA) is 38.7 Å². The van der Waals surface area contributed by atoms with E-state index in [-0.39, 0.29) is 5.41 Å². The van der Waals surface area contributed by atoms with Crippen LogP contribution < -0.4 is 0 Å². The zero-order chi connectivity index (χ0) is 11.8. The summed E-state index contributed by atoms with van der Waals surface area (Å²) in [5.41, 5.74) is 3.83. The van der Waals surface area contributed by atoms with Gasteiger partial charge in [0.2, 0.25) is 0 Å².